The van der Waals surface area contributed by atoms with E-state index < -0.39 is 0 Å². The van der Waals surface area contributed by atoms with E-state index in [1.807, 2.05) is 18.2 Å². The molecular formula is C55H60N4O. The van der Waals surface area contributed by atoms with Crippen molar-refractivity contribution in [1.29, 1.82) is 0 Å². The van der Waals surface area contributed by atoms with E-state index in [0.717, 1.165) is 28.5 Å². The van der Waals surface area contributed by atoms with Gasteiger partial charge in [0, 0.05) is 23.1 Å². The van der Waals surface area contributed by atoms with Crippen LogP contribution >= 0.6 is 0 Å². The fraction of sp³-hybridized carbons (Fsp3) is 0.291. The zero-order valence-electron chi connectivity index (χ0n) is 37.0. The van der Waals surface area contributed by atoms with Crippen LogP contribution in [-0.2, 0) is 0 Å². The van der Waals surface area contributed by atoms with Gasteiger partial charge in [-0.3, -0.25) is 4.57 Å². The molecule has 5 heteroatoms. The molecule has 5 nitrogen and oxygen atoms in total. The fourth-order valence-electron chi connectivity index (χ4n) is 8.87. The van der Waals surface area contributed by atoms with Crippen LogP contribution in [0.1, 0.15) is 127 Å². The fourth-order valence-corrected chi connectivity index (χ4v) is 8.87. The van der Waals surface area contributed by atoms with Crippen molar-refractivity contribution in [2.45, 2.75) is 98.8 Å². The second-order valence-electron chi connectivity index (χ2n) is 18.1. The molecule has 1 N–H and O–H groups in total. The molecule has 306 valence electrons. The molecule has 2 heterocycles. The lowest BCUT2D eigenvalue weighted by Crippen LogP contribution is -2.26. The Kier molecular flexibility index (Phi) is 11.2. The Morgan fingerprint density at radius 3 is 1.60 bits per heavy atom. The van der Waals surface area contributed by atoms with E-state index in [9.17, 15) is 5.11 Å². The van der Waals surface area contributed by atoms with Crippen molar-refractivity contribution < 1.29 is 5.11 Å². The molecule has 0 saturated carbocycles. The summed E-state index contributed by atoms with van der Waals surface area (Å²) in [6, 6.07) is 45.4. The van der Waals surface area contributed by atoms with Crippen LogP contribution in [0.4, 0.5) is 22.7 Å². The first-order valence-corrected chi connectivity index (χ1v) is 21.9. The number of fused-ring (bicyclic) bond motifs is 1. The highest BCUT2D eigenvalue weighted by atomic mass is 16.3. The minimum Gasteiger partial charge on any atom is -0.507 e. The number of phenols is 1. The standard InChI is InChI=1S/C55H60N4O/c1-34(2)41-28-45(35(3)4)54(46(29-41)36(5)6)59-33-58(50-24-15-16-25-51(50)59)43-22-18-21-40(27-43)49-32-57(55(56-49)44-23-14-17-26-52(44)60)53-47(37(7)8)30-42(31-48(53)38(9)10)39-19-12-11-13-20-39/h11-32,34-38,60H,33H2,1-10H3. The highest BCUT2D eigenvalue weighted by Gasteiger charge is 2.32. The summed E-state index contributed by atoms with van der Waals surface area (Å²) in [4.78, 5) is 10.4. The number of hydrogen-bond donors (Lipinski definition) is 1. The molecule has 7 aromatic rings. The zero-order valence-corrected chi connectivity index (χ0v) is 37.0. The average Bonchev–Trinajstić information content (AvgIpc) is 3.86. The SMILES string of the molecule is CC(C)c1cc(C(C)C)c(N2CN(c3cccc(-c4cn(-c5c(C(C)C)cc(-c6ccccc6)cc5C(C)C)c(-c5ccccc5O)n4)c3)c3ccccc32)c(C(C)C)c1. The van der Waals surface area contributed by atoms with Crippen molar-refractivity contribution in [2.75, 3.05) is 16.5 Å². The lowest BCUT2D eigenvalue weighted by Gasteiger charge is -2.30. The number of phenolic OH excluding ortho intramolecular Hbond substituents is 1. The van der Waals surface area contributed by atoms with Gasteiger partial charge in [-0.05, 0) is 117 Å². The number of imidazole rings is 1. The molecule has 0 unspecified atom stereocenters. The van der Waals surface area contributed by atoms with E-state index >= 15 is 0 Å². The number of anilines is 4. The summed E-state index contributed by atoms with van der Waals surface area (Å²) in [5.74, 6) is 2.59. The lowest BCUT2D eigenvalue weighted by molar-refractivity contribution is 0.477. The minimum absolute atomic E-state index is 0.208. The summed E-state index contributed by atoms with van der Waals surface area (Å²) in [6.45, 7) is 23.7. The smallest absolute Gasteiger partial charge is 0.148 e. The van der Waals surface area contributed by atoms with Crippen molar-refractivity contribution in [3.63, 3.8) is 0 Å². The minimum atomic E-state index is 0.208. The molecule has 0 atom stereocenters. The molecule has 1 aliphatic heterocycles. The second kappa shape index (κ2) is 16.5. The maximum absolute atomic E-state index is 11.3. The molecule has 6 aromatic carbocycles. The van der Waals surface area contributed by atoms with Gasteiger partial charge in [-0.15, -0.1) is 0 Å². The van der Waals surface area contributed by atoms with Gasteiger partial charge >= 0.3 is 0 Å². The highest BCUT2D eigenvalue weighted by molar-refractivity contribution is 5.89. The number of nitrogens with zero attached hydrogens (tertiary/aromatic N) is 4. The lowest BCUT2D eigenvalue weighted by atomic mass is 9.87. The van der Waals surface area contributed by atoms with Crippen LogP contribution in [0.15, 0.2) is 134 Å². The number of para-hydroxylation sites is 3. The third-order valence-electron chi connectivity index (χ3n) is 12.2. The van der Waals surface area contributed by atoms with E-state index in [-0.39, 0.29) is 17.6 Å². The van der Waals surface area contributed by atoms with Gasteiger partial charge in [0.1, 0.15) is 18.2 Å². The zero-order chi connectivity index (χ0) is 42.4. The summed E-state index contributed by atoms with van der Waals surface area (Å²) in [6.07, 6.45) is 2.18. The van der Waals surface area contributed by atoms with E-state index in [1.54, 1.807) is 6.07 Å². The molecule has 0 aliphatic carbocycles. The molecule has 0 fully saturated rings. The van der Waals surface area contributed by atoms with Crippen LogP contribution in [-0.4, -0.2) is 21.3 Å². The van der Waals surface area contributed by atoms with Crippen molar-refractivity contribution in [1.82, 2.24) is 9.55 Å². The number of rotatable bonds is 11. The average molecular weight is 793 g/mol. The largest absolute Gasteiger partial charge is 0.507 e. The molecule has 8 rings (SSSR count). The van der Waals surface area contributed by atoms with Crippen LogP contribution in [0.2, 0.25) is 0 Å². The monoisotopic (exact) mass is 792 g/mol. The van der Waals surface area contributed by atoms with Crippen LogP contribution in [0, 0.1) is 0 Å². The second-order valence-corrected chi connectivity index (χ2v) is 18.1. The van der Waals surface area contributed by atoms with Crippen molar-refractivity contribution in [2.24, 2.45) is 0 Å². The Morgan fingerprint density at radius 2 is 1.02 bits per heavy atom. The first-order chi connectivity index (χ1) is 28.8. The first kappa shape index (κ1) is 40.7. The first-order valence-electron chi connectivity index (χ1n) is 21.9. The van der Waals surface area contributed by atoms with E-state index in [2.05, 4.69) is 193 Å². The number of hydrogen-bond acceptors (Lipinski definition) is 4. The summed E-state index contributed by atoms with van der Waals surface area (Å²) in [5, 5.41) is 11.3. The third-order valence-corrected chi connectivity index (χ3v) is 12.2. The Hall–Kier alpha value is -6.07. The van der Waals surface area contributed by atoms with Gasteiger partial charge in [-0.1, -0.05) is 148 Å². The van der Waals surface area contributed by atoms with Gasteiger partial charge < -0.3 is 14.9 Å². The Morgan fingerprint density at radius 1 is 0.483 bits per heavy atom. The topological polar surface area (TPSA) is 44.5 Å². The molecule has 0 spiro atoms. The molecule has 0 radical (unpaired) electrons. The summed E-state index contributed by atoms with van der Waals surface area (Å²) in [7, 11) is 0. The van der Waals surface area contributed by atoms with Gasteiger partial charge in [0.15, 0.2) is 0 Å². The van der Waals surface area contributed by atoms with Crippen LogP contribution in [0.25, 0.3) is 39.5 Å². The molecule has 60 heavy (non-hydrogen) atoms. The van der Waals surface area contributed by atoms with Gasteiger partial charge in [-0.2, -0.15) is 0 Å². The van der Waals surface area contributed by atoms with E-state index in [4.69, 9.17) is 4.98 Å². The number of aromatic nitrogens is 2. The van der Waals surface area contributed by atoms with Crippen LogP contribution in [0.3, 0.4) is 0 Å². The highest BCUT2D eigenvalue weighted by Crippen LogP contribution is 2.49. The molecule has 0 saturated heterocycles. The van der Waals surface area contributed by atoms with Crippen molar-refractivity contribution >= 4 is 22.7 Å². The van der Waals surface area contributed by atoms with Crippen LogP contribution < -0.4 is 9.80 Å². The normalized spacial score (nSPS) is 12.8. The van der Waals surface area contributed by atoms with Gasteiger partial charge in [-0.25, -0.2) is 4.98 Å². The Bertz CT molecular complexity index is 2590. The third kappa shape index (κ3) is 7.51. The molecule has 1 aliphatic rings. The van der Waals surface area contributed by atoms with E-state index in [0.29, 0.717) is 30.0 Å². The summed E-state index contributed by atoms with van der Waals surface area (Å²) in [5.41, 5.74) is 17.6. The van der Waals surface area contributed by atoms with Crippen molar-refractivity contribution in [3.05, 3.63) is 161 Å². The quantitative estimate of drug-likeness (QED) is 0.142. The van der Waals surface area contributed by atoms with Crippen molar-refractivity contribution in [3.8, 4) is 45.2 Å². The predicted octanol–water partition coefficient (Wildman–Crippen LogP) is 15.4. The molecule has 0 amide bonds. The molecule has 0 bridgehead atoms. The molecule has 1 aromatic heterocycles. The summed E-state index contributed by atoms with van der Waals surface area (Å²) < 4.78 is 2.24. The van der Waals surface area contributed by atoms with E-state index in [1.165, 1.54) is 56.0 Å². The van der Waals surface area contributed by atoms with Gasteiger partial charge in [0.2, 0.25) is 0 Å². The Labute approximate surface area is 358 Å². The molecular weight excluding hydrogens is 733 g/mol. The number of aromatic hydroxyl groups is 1. The van der Waals surface area contributed by atoms with Gasteiger partial charge in [0.05, 0.1) is 28.3 Å². The number of benzene rings is 6. The maximum atomic E-state index is 11.3. The maximum Gasteiger partial charge on any atom is 0.148 e. The Balaban J connectivity index is 1.28. The summed E-state index contributed by atoms with van der Waals surface area (Å²) >= 11 is 0. The van der Waals surface area contributed by atoms with Crippen LogP contribution in [0.5, 0.6) is 5.75 Å². The van der Waals surface area contributed by atoms with Gasteiger partial charge in [0.25, 0.3) is 0 Å². The predicted molar refractivity (Wildman–Crippen MR) is 254 cm³/mol.